The zero-order chi connectivity index (χ0) is 15.2. The molecule has 6 heteroatoms. The van der Waals surface area contributed by atoms with Crippen LogP contribution in [-0.4, -0.2) is 11.2 Å². The Bertz CT molecular complexity index is 637. The fourth-order valence-electron chi connectivity index (χ4n) is 3.24. The highest BCUT2D eigenvalue weighted by Gasteiger charge is 2.50. The molecule has 3 aliphatic rings. The van der Waals surface area contributed by atoms with Crippen LogP contribution < -0.4 is 5.43 Å². The van der Waals surface area contributed by atoms with Gasteiger partial charge in [-0.25, -0.2) is 4.98 Å². The minimum Gasteiger partial charge on any atom is -0.260 e. The molecule has 0 radical (unpaired) electrons. The van der Waals surface area contributed by atoms with Crippen LogP contribution in [0.2, 0.25) is 15.2 Å². The Hall–Kier alpha value is -0.770. The minimum absolute atomic E-state index is 0.207. The predicted octanol–water partition coefficient (Wildman–Crippen LogP) is 5.43. The Morgan fingerprint density at radius 2 is 2.10 bits per heavy atom. The Labute approximate surface area is 139 Å². The molecule has 0 saturated heterocycles. The zero-order valence-corrected chi connectivity index (χ0v) is 14.1. The SMILES string of the molecule is CC1(C)[C@H]2CC=C(/C=N\Nc3nc(Cl)c(Cl)cc3Cl)[C@@H]1C2. The highest BCUT2D eigenvalue weighted by molar-refractivity contribution is 6.42. The largest absolute Gasteiger partial charge is 0.260 e. The summed E-state index contributed by atoms with van der Waals surface area (Å²) in [7, 11) is 0. The summed E-state index contributed by atoms with van der Waals surface area (Å²) in [6.45, 7) is 4.66. The monoisotopic (exact) mass is 343 g/mol. The quantitative estimate of drug-likeness (QED) is 0.451. The Morgan fingerprint density at radius 1 is 1.33 bits per heavy atom. The Kier molecular flexibility index (Phi) is 3.93. The second-order valence-electron chi connectivity index (χ2n) is 6.21. The number of pyridine rings is 1. The molecule has 4 rings (SSSR count). The van der Waals surface area contributed by atoms with Crippen LogP contribution in [-0.2, 0) is 0 Å². The smallest absolute Gasteiger partial charge is 0.166 e. The molecule has 0 spiro atoms. The van der Waals surface area contributed by atoms with Crippen molar-refractivity contribution in [2.24, 2.45) is 22.4 Å². The molecule has 2 bridgehead atoms. The predicted molar refractivity (Wildman–Crippen MR) is 89.5 cm³/mol. The first-order chi connectivity index (χ1) is 9.89. The third-order valence-corrected chi connectivity index (χ3v) is 5.74. The summed E-state index contributed by atoms with van der Waals surface area (Å²) in [5.41, 5.74) is 4.50. The number of rotatable bonds is 3. The standard InChI is InChI=1S/C15H16Cl3N3/c1-15(2)9-4-3-8(10(15)5-9)7-19-21-14-12(17)6-11(16)13(18)20-14/h3,6-7,9-10H,4-5H2,1-2H3,(H,20,21)/b19-7-/t9-,10-/m0/s1. The van der Waals surface area contributed by atoms with Crippen LogP contribution >= 0.6 is 34.8 Å². The fraction of sp³-hybridized carbons (Fsp3) is 0.467. The number of hydrogen-bond acceptors (Lipinski definition) is 3. The molecular formula is C15H16Cl3N3. The molecule has 0 aromatic carbocycles. The van der Waals surface area contributed by atoms with E-state index in [4.69, 9.17) is 34.8 Å². The molecule has 21 heavy (non-hydrogen) atoms. The molecule has 3 aliphatic carbocycles. The molecule has 1 N–H and O–H groups in total. The topological polar surface area (TPSA) is 37.3 Å². The van der Waals surface area contributed by atoms with E-state index < -0.39 is 0 Å². The lowest BCUT2D eigenvalue weighted by atomic mass is 9.49. The first-order valence-corrected chi connectivity index (χ1v) is 8.03. The van der Waals surface area contributed by atoms with Gasteiger partial charge >= 0.3 is 0 Å². The van der Waals surface area contributed by atoms with Crippen molar-refractivity contribution in [3.05, 3.63) is 32.9 Å². The van der Waals surface area contributed by atoms with Crippen molar-refractivity contribution >= 4 is 46.8 Å². The van der Waals surface area contributed by atoms with Crippen molar-refractivity contribution in [2.45, 2.75) is 26.7 Å². The van der Waals surface area contributed by atoms with Gasteiger partial charge in [-0.15, -0.1) is 0 Å². The molecule has 1 fully saturated rings. The van der Waals surface area contributed by atoms with Gasteiger partial charge in [-0.3, -0.25) is 5.43 Å². The van der Waals surface area contributed by atoms with Gasteiger partial charge in [0.1, 0.15) is 5.15 Å². The van der Waals surface area contributed by atoms with Crippen molar-refractivity contribution in [1.82, 2.24) is 4.98 Å². The van der Waals surface area contributed by atoms with Gasteiger partial charge in [0.25, 0.3) is 0 Å². The van der Waals surface area contributed by atoms with Crippen molar-refractivity contribution < 1.29 is 0 Å². The summed E-state index contributed by atoms with van der Waals surface area (Å²) in [6, 6.07) is 1.55. The molecule has 112 valence electrons. The maximum Gasteiger partial charge on any atom is 0.166 e. The van der Waals surface area contributed by atoms with Crippen LogP contribution in [0.4, 0.5) is 5.82 Å². The number of hydrazone groups is 1. The van der Waals surface area contributed by atoms with Gasteiger partial charge in [0.15, 0.2) is 5.82 Å². The average Bonchev–Trinajstić information content (AvgIpc) is 2.44. The number of fused-ring (bicyclic) bond motifs is 1. The molecule has 1 aromatic heterocycles. The van der Waals surface area contributed by atoms with Crippen LogP contribution in [0.25, 0.3) is 0 Å². The maximum absolute atomic E-state index is 6.05. The second kappa shape index (κ2) is 5.45. The molecule has 1 aromatic rings. The zero-order valence-electron chi connectivity index (χ0n) is 11.8. The summed E-state index contributed by atoms with van der Waals surface area (Å²) in [5, 5.41) is 5.17. The normalized spacial score (nSPS) is 26.4. The van der Waals surface area contributed by atoms with Crippen LogP contribution in [0.15, 0.2) is 22.8 Å². The Balaban J connectivity index is 1.71. The molecule has 0 aliphatic heterocycles. The van der Waals surface area contributed by atoms with E-state index in [9.17, 15) is 0 Å². The summed E-state index contributed by atoms with van der Waals surface area (Å²) >= 11 is 17.8. The number of hydrogen-bond donors (Lipinski definition) is 1. The van der Waals surface area contributed by atoms with E-state index >= 15 is 0 Å². The van der Waals surface area contributed by atoms with Gasteiger partial charge in [-0.05, 0) is 41.7 Å². The highest BCUT2D eigenvalue weighted by atomic mass is 35.5. The third kappa shape index (κ3) is 2.67. The summed E-state index contributed by atoms with van der Waals surface area (Å²) in [5.74, 6) is 1.82. The average molecular weight is 345 g/mol. The molecule has 0 amide bonds. The summed E-state index contributed by atoms with van der Waals surface area (Å²) < 4.78 is 0. The molecule has 1 saturated carbocycles. The number of halogens is 3. The number of aromatic nitrogens is 1. The third-order valence-electron chi connectivity index (χ3n) is 4.78. The van der Waals surface area contributed by atoms with Crippen molar-refractivity contribution in [3.63, 3.8) is 0 Å². The van der Waals surface area contributed by atoms with E-state index in [-0.39, 0.29) is 5.15 Å². The van der Waals surface area contributed by atoms with E-state index in [1.165, 1.54) is 12.0 Å². The second-order valence-corrected chi connectivity index (χ2v) is 7.38. The van der Waals surface area contributed by atoms with Gasteiger partial charge in [-0.1, -0.05) is 54.7 Å². The molecule has 3 nitrogen and oxygen atoms in total. The minimum atomic E-state index is 0.207. The van der Waals surface area contributed by atoms with Gasteiger partial charge in [0.2, 0.25) is 0 Å². The number of allylic oxidation sites excluding steroid dienone is 2. The molecule has 1 heterocycles. The van der Waals surface area contributed by atoms with E-state index in [0.717, 1.165) is 12.3 Å². The van der Waals surface area contributed by atoms with Gasteiger partial charge in [0, 0.05) is 0 Å². The maximum atomic E-state index is 6.05. The van der Waals surface area contributed by atoms with Gasteiger partial charge in [0.05, 0.1) is 16.3 Å². The van der Waals surface area contributed by atoms with Crippen LogP contribution in [0.1, 0.15) is 26.7 Å². The van der Waals surface area contributed by atoms with Crippen LogP contribution in [0.3, 0.4) is 0 Å². The number of nitrogens with zero attached hydrogens (tertiary/aromatic N) is 2. The molecular weight excluding hydrogens is 329 g/mol. The van der Waals surface area contributed by atoms with Gasteiger partial charge < -0.3 is 0 Å². The van der Waals surface area contributed by atoms with Crippen molar-refractivity contribution in [2.75, 3.05) is 5.43 Å². The van der Waals surface area contributed by atoms with Crippen molar-refractivity contribution in [3.8, 4) is 0 Å². The first-order valence-electron chi connectivity index (χ1n) is 6.90. The summed E-state index contributed by atoms with van der Waals surface area (Å²) in [6.07, 6.45) is 6.54. The number of nitrogens with one attached hydrogen (secondary N) is 1. The van der Waals surface area contributed by atoms with E-state index in [2.05, 4.69) is 35.4 Å². The van der Waals surface area contributed by atoms with Crippen molar-refractivity contribution in [1.29, 1.82) is 0 Å². The lowest BCUT2D eigenvalue weighted by Gasteiger charge is -2.55. The Morgan fingerprint density at radius 3 is 2.76 bits per heavy atom. The van der Waals surface area contributed by atoms with Crippen LogP contribution in [0.5, 0.6) is 0 Å². The molecule has 0 unspecified atom stereocenters. The number of anilines is 1. The van der Waals surface area contributed by atoms with E-state index in [1.54, 1.807) is 6.07 Å². The lowest BCUT2D eigenvalue weighted by Crippen LogP contribution is -2.48. The fourth-order valence-corrected chi connectivity index (χ4v) is 3.78. The van der Waals surface area contributed by atoms with E-state index in [1.807, 2.05) is 6.21 Å². The van der Waals surface area contributed by atoms with Crippen LogP contribution in [0, 0.1) is 17.3 Å². The lowest BCUT2D eigenvalue weighted by molar-refractivity contribution is -0.00124. The summed E-state index contributed by atoms with van der Waals surface area (Å²) in [4.78, 5) is 4.07. The highest BCUT2D eigenvalue weighted by Crippen LogP contribution is 2.58. The first kappa shape index (κ1) is 15.1. The molecule has 2 atom stereocenters. The van der Waals surface area contributed by atoms with Gasteiger partial charge in [-0.2, -0.15) is 5.10 Å². The van der Waals surface area contributed by atoms with E-state index in [0.29, 0.717) is 27.2 Å².